The Morgan fingerprint density at radius 3 is 2.30 bits per heavy atom. The van der Waals surface area contributed by atoms with Gasteiger partial charge in [-0.3, -0.25) is 14.8 Å². The van der Waals surface area contributed by atoms with E-state index in [1.54, 1.807) is 30.3 Å². The van der Waals surface area contributed by atoms with Crippen LogP contribution in [0.25, 0.3) is 0 Å². The van der Waals surface area contributed by atoms with Crippen LogP contribution in [-0.4, -0.2) is 32.4 Å². The van der Waals surface area contributed by atoms with Gasteiger partial charge in [-0.05, 0) is 18.2 Å². The molecule has 10 nitrogen and oxygen atoms in total. The third-order valence-corrected chi connectivity index (χ3v) is 5.84. The van der Waals surface area contributed by atoms with Crippen molar-refractivity contribution in [3.63, 3.8) is 0 Å². The highest BCUT2D eigenvalue weighted by atomic mass is 32.2. The third kappa shape index (κ3) is 5.52. The minimum absolute atomic E-state index is 0.134. The molecule has 0 aromatic heterocycles. The molecule has 1 N–H and O–H groups in total. The molecule has 0 aliphatic heterocycles. The molecule has 1 atom stereocenters. The summed E-state index contributed by atoms with van der Waals surface area (Å²) in [6.45, 7) is 0. The first kappa shape index (κ1) is 23.4. The molecule has 33 heavy (non-hydrogen) atoms. The number of methoxy groups -OCH3 is 1. The summed E-state index contributed by atoms with van der Waals surface area (Å²) in [6.07, 6.45) is -1.37. The lowest BCUT2D eigenvalue weighted by atomic mass is 10.1. The van der Waals surface area contributed by atoms with E-state index in [4.69, 9.17) is 9.47 Å². The van der Waals surface area contributed by atoms with E-state index in [9.17, 15) is 28.1 Å². The van der Waals surface area contributed by atoms with Gasteiger partial charge in [-0.15, -0.1) is 0 Å². The molecule has 0 aliphatic carbocycles. The molecule has 170 valence electrons. The maximum absolute atomic E-state index is 12.9. The molecule has 0 radical (unpaired) electrons. The molecule has 0 bridgehead atoms. The summed E-state index contributed by atoms with van der Waals surface area (Å²) in [5, 5.41) is 11.0. The largest absolute Gasteiger partial charge is 0.466 e. The van der Waals surface area contributed by atoms with Crippen molar-refractivity contribution in [3.8, 4) is 0 Å². The lowest BCUT2D eigenvalue weighted by Gasteiger charge is -2.17. The highest BCUT2D eigenvalue weighted by Crippen LogP contribution is 2.26. The minimum atomic E-state index is -4.28. The predicted octanol–water partition coefficient (Wildman–Crippen LogP) is 3.47. The van der Waals surface area contributed by atoms with E-state index in [1.165, 1.54) is 36.4 Å². The lowest BCUT2D eigenvalue weighted by molar-refractivity contribution is -0.385. The number of hydrogen-bond donors (Lipinski definition) is 1. The van der Waals surface area contributed by atoms with Crippen molar-refractivity contribution in [2.24, 2.45) is 0 Å². The van der Waals surface area contributed by atoms with Crippen molar-refractivity contribution >= 4 is 33.3 Å². The van der Waals surface area contributed by atoms with Crippen molar-refractivity contribution in [3.05, 3.63) is 100 Å². The van der Waals surface area contributed by atoms with E-state index < -0.39 is 38.7 Å². The van der Waals surface area contributed by atoms with E-state index in [2.05, 4.69) is 4.72 Å². The van der Waals surface area contributed by atoms with E-state index in [-0.39, 0.29) is 16.1 Å². The number of hydrogen-bond acceptors (Lipinski definition) is 8. The summed E-state index contributed by atoms with van der Waals surface area (Å²) in [5.74, 6) is -1.80. The van der Waals surface area contributed by atoms with E-state index in [1.807, 2.05) is 0 Å². The number of nitro benzene ring substituents is 1. The SMILES string of the molecule is COC(=O)C(OC(=O)c1ccccc1NS(=O)(=O)c1cccc([N+](=O)[O-])c1)c1ccccc1. The molecule has 3 aromatic rings. The summed E-state index contributed by atoms with van der Waals surface area (Å²) in [7, 11) is -3.13. The van der Waals surface area contributed by atoms with Crippen LogP contribution in [0.2, 0.25) is 0 Å². The van der Waals surface area contributed by atoms with Crippen LogP contribution < -0.4 is 4.72 Å². The Balaban J connectivity index is 1.91. The first-order valence-corrected chi connectivity index (χ1v) is 10.9. The van der Waals surface area contributed by atoms with Crippen LogP contribution in [0.5, 0.6) is 0 Å². The van der Waals surface area contributed by atoms with E-state index in [0.717, 1.165) is 19.2 Å². The molecule has 0 aliphatic rings. The fourth-order valence-electron chi connectivity index (χ4n) is 2.88. The van der Waals surface area contributed by atoms with Crippen LogP contribution in [0.15, 0.2) is 83.8 Å². The molecule has 0 spiro atoms. The number of rotatable bonds is 8. The van der Waals surface area contributed by atoms with Crippen LogP contribution in [0, 0.1) is 10.1 Å². The summed E-state index contributed by atoms with van der Waals surface area (Å²) in [5.41, 5.74) is -0.344. The minimum Gasteiger partial charge on any atom is -0.466 e. The topological polar surface area (TPSA) is 142 Å². The van der Waals surface area contributed by atoms with Crippen LogP contribution >= 0.6 is 0 Å². The zero-order chi connectivity index (χ0) is 24.0. The van der Waals surface area contributed by atoms with Crippen LogP contribution in [0.1, 0.15) is 22.0 Å². The number of non-ortho nitro benzene ring substituents is 1. The normalized spacial score (nSPS) is 11.8. The molecule has 0 heterocycles. The van der Waals surface area contributed by atoms with Gasteiger partial charge < -0.3 is 9.47 Å². The molecular formula is C22H18N2O8S. The molecular weight excluding hydrogens is 452 g/mol. The average Bonchev–Trinajstić information content (AvgIpc) is 2.82. The number of benzene rings is 3. The second kappa shape index (κ2) is 9.92. The number of sulfonamides is 1. The standard InChI is InChI=1S/C22H18N2O8S/c1-31-22(26)20(15-8-3-2-4-9-15)32-21(25)18-12-5-6-13-19(18)23-33(29,30)17-11-7-10-16(14-17)24(27)28/h2-14,20,23H,1H3. The summed E-state index contributed by atoms with van der Waals surface area (Å²) >= 11 is 0. The molecule has 0 saturated heterocycles. The smallest absolute Gasteiger partial charge is 0.351 e. The van der Waals surface area contributed by atoms with Crippen molar-refractivity contribution in [2.45, 2.75) is 11.0 Å². The van der Waals surface area contributed by atoms with Gasteiger partial charge in [0.15, 0.2) is 0 Å². The van der Waals surface area contributed by atoms with E-state index in [0.29, 0.717) is 5.56 Å². The molecule has 3 aromatic carbocycles. The van der Waals surface area contributed by atoms with Gasteiger partial charge in [0, 0.05) is 17.7 Å². The third-order valence-electron chi connectivity index (χ3n) is 4.47. The van der Waals surface area contributed by atoms with Crippen molar-refractivity contribution in [1.29, 1.82) is 0 Å². The van der Waals surface area contributed by atoms with Gasteiger partial charge in [-0.1, -0.05) is 48.5 Å². The van der Waals surface area contributed by atoms with Gasteiger partial charge in [-0.2, -0.15) is 0 Å². The number of carbonyl (C=O) groups is 2. The maximum atomic E-state index is 12.9. The second-order valence-electron chi connectivity index (χ2n) is 6.62. The lowest BCUT2D eigenvalue weighted by Crippen LogP contribution is -2.22. The molecule has 0 amide bonds. The fourth-order valence-corrected chi connectivity index (χ4v) is 3.99. The summed E-state index contributed by atoms with van der Waals surface area (Å²) in [6, 6.07) is 18.2. The van der Waals surface area contributed by atoms with Gasteiger partial charge in [0.25, 0.3) is 15.7 Å². The number of nitro groups is 1. The highest BCUT2D eigenvalue weighted by Gasteiger charge is 2.28. The first-order chi connectivity index (χ1) is 15.7. The summed E-state index contributed by atoms with van der Waals surface area (Å²) in [4.78, 5) is 35.0. The fraction of sp³-hybridized carbons (Fsp3) is 0.0909. The molecule has 0 fully saturated rings. The molecule has 1 unspecified atom stereocenters. The molecule has 11 heteroatoms. The number of ether oxygens (including phenoxy) is 2. The zero-order valence-corrected chi connectivity index (χ0v) is 18.0. The van der Waals surface area contributed by atoms with Crippen LogP contribution in [0.4, 0.5) is 11.4 Å². The van der Waals surface area contributed by atoms with Gasteiger partial charge in [-0.25, -0.2) is 18.0 Å². The van der Waals surface area contributed by atoms with Crippen molar-refractivity contribution < 1.29 is 32.4 Å². The van der Waals surface area contributed by atoms with Gasteiger partial charge >= 0.3 is 11.9 Å². The average molecular weight is 470 g/mol. The Hall–Kier alpha value is -4.25. The number of para-hydroxylation sites is 1. The highest BCUT2D eigenvalue weighted by molar-refractivity contribution is 7.92. The molecule has 0 saturated carbocycles. The predicted molar refractivity (Wildman–Crippen MR) is 117 cm³/mol. The summed E-state index contributed by atoms with van der Waals surface area (Å²) < 4.78 is 37.9. The van der Waals surface area contributed by atoms with Crippen molar-refractivity contribution in [1.82, 2.24) is 0 Å². The Labute approximate surface area is 189 Å². The van der Waals surface area contributed by atoms with E-state index >= 15 is 0 Å². The number of nitrogens with one attached hydrogen (secondary N) is 1. The maximum Gasteiger partial charge on any atom is 0.351 e. The van der Waals surface area contributed by atoms with Crippen molar-refractivity contribution in [2.75, 3.05) is 11.8 Å². The van der Waals surface area contributed by atoms with Gasteiger partial charge in [0.1, 0.15) is 0 Å². The van der Waals surface area contributed by atoms with Crippen LogP contribution in [0.3, 0.4) is 0 Å². The number of anilines is 1. The number of esters is 2. The Morgan fingerprint density at radius 2 is 1.64 bits per heavy atom. The molecule has 3 rings (SSSR count). The zero-order valence-electron chi connectivity index (χ0n) is 17.2. The van der Waals surface area contributed by atoms with Gasteiger partial charge in [0.2, 0.25) is 6.10 Å². The number of carbonyl (C=O) groups excluding carboxylic acids is 2. The van der Waals surface area contributed by atoms with Gasteiger partial charge in [0.05, 0.1) is 28.2 Å². The Kier molecular flexibility index (Phi) is 7.04. The van der Waals surface area contributed by atoms with Crippen LogP contribution in [-0.2, 0) is 24.3 Å². The Morgan fingerprint density at radius 1 is 0.970 bits per heavy atom. The quantitative estimate of drug-likeness (QED) is 0.300. The second-order valence-corrected chi connectivity index (χ2v) is 8.31. The monoisotopic (exact) mass is 470 g/mol. The first-order valence-electron chi connectivity index (χ1n) is 9.43. The Bertz CT molecular complexity index is 1290. The number of nitrogens with zero attached hydrogens (tertiary/aromatic N) is 1.